The molecule has 0 spiro atoms. The predicted octanol–water partition coefficient (Wildman–Crippen LogP) is 4.31. The minimum atomic E-state index is 0.0854. The van der Waals surface area contributed by atoms with Crippen molar-refractivity contribution in [3.8, 4) is 17.2 Å². The van der Waals surface area contributed by atoms with E-state index in [9.17, 15) is 4.79 Å². The molecule has 0 saturated heterocycles. The van der Waals surface area contributed by atoms with Gasteiger partial charge in [-0.25, -0.2) is 0 Å². The number of Topliss-reactive ketones (excluding diaryl/α,β-unsaturated/α-hetero) is 1. The van der Waals surface area contributed by atoms with E-state index in [-0.39, 0.29) is 5.78 Å². The number of hydrogen-bond acceptors (Lipinski definition) is 4. The number of ether oxygens (including phenoxy) is 3. The summed E-state index contributed by atoms with van der Waals surface area (Å²) >= 11 is 0. The second kappa shape index (κ2) is 8.96. The number of aryl methyl sites for hydroxylation is 1. The van der Waals surface area contributed by atoms with Crippen molar-refractivity contribution in [2.75, 3.05) is 20.8 Å². The van der Waals surface area contributed by atoms with Crippen LogP contribution in [-0.2, 0) is 6.42 Å². The normalized spacial score (nSPS) is 10.3. The number of rotatable bonds is 9. The Morgan fingerprint density at radius 1 is 0.958 bits per heavy atom. The Kier molecular flexibility index (Phi) is 6.67. The van der Waals surface area contributed by atoms with Gasteiger partial charge < -0.3 is 14.2 Å². The maximum Gasteiger partial charge on any atom is 0.163 e. The van der Waals surface area contributed by atoms with Crippen LogP contribution in [0.2, 0.25) is 0 Å². The Bertz CT molecular complexity index is 662. The topological polar surface area (TPSA) is 44.8 Å². The molecule has 128 valence electrons. The maximum absolute atomic E-state index is 12.4. The van der Waals surface area contributed by atoms with Gasteiger partial charge in [0.2, 0.25) is 0 Å². The lowest BCUT2D eigenvalue weighted by Gasteiger charge is -2.09. The molecule has 4 heteroatoms. The van der Waals surface area contributed by atoms with Crippen LogP contribution < -0.4 is 14.2 Å². The molecule has 0 aliphatic carbocycles. The summed E-state index contributed by atoms with van der Waals surface area (Å²) in [5, 5.41) is 0. The first kappa shape index (κ1) is 17.9. The molecule has 0 aliphatic heterocycles. The lowest BCUT2D eigenvalue weighted by Crippen LogP contribution is -2.02. The van der Waals surface area contributed by atoms with E-state index in [2.05, 4.69) is 6.92 Å². The van der Waals surface area contributed by atoms with Gasteiger partial charge in [-0.05, 0) is 48.7 Å². The van der Waals surface area contributed by atoms with Gasteiger partial charge in [0, 0.05) is 12.0 Å². The van der Waals surface area contributed by atoms with Gasteiger partial charge in [0.25, 0.3) is 0 Å². The molecule has 0 atom stereocenters. The lowest BCUT2D eigenvalue weighted by atomic mass is 10.0. The second-order valence-corrected chi connectivity index (χ2v) is 5.49. The highest BCUT2D eigenvalue weighted by molar-refractivity contribution is 5.96. The SMILES string of the molecule is CCCOc1ccc(CCC(=O)c2ccc(OC)c(OC)c2)cc1. The van der Waals surface area contributed by atoms with Crippen LogP contribution in [0.25, 0.3) is 0 Å². The quantitative estimate of drug-likeness (QED) is 0.644. The molecule has 0 aliphatic rings. The average molecular weight is 328 g/mol. The Labute approximate surface area is 143 Å². The molecule has 0 N–H and O–H groups in total. The van der Waals surface area contributed by atoms with Gasteiger partial charge in [0.15, 0.2) is 17.3 Å². The Morgan fingerprint density at radius 3 is 2.29 bits per heavy atom. The van der Waals surface area contributed by atoms with Crippen LogP contribution >= 0.6 is 0 Å². The zero-order chi connectivity index (χ0) is 17.4. The highest BCUT2D eigenvalue weighted by Gasteiger charge is 2.11. The monoisotopic (exact) mass is 328 g/mol. The predicted molar refractivity (Wildman–Crippen MR) is 94.4 cm³/mol. The molecule has 0 amide bonds. The highest BCUT2D eigenvalue weighted by atomic mass is 16.5. The van der Waals surface area contributed by atoms with E-state index in [0.29, 0.717) is 29.9 Å². The maximum atomic E-state index is 12.4. The number of ketones is 1. The highest BCUT2D eigenvalue weighted by Crippen LogP contribution is 2.28. The molecule has 4 nitrogen and oxygen atoms in total. The van der Waals surface area contributed by atoms with Crippen molar-refractivity contribution in [2.24, 2.45) is 0 Å². The van der Waals surface area contributed by atoms with Crippen LogP contribution in [0.15, 0.2) is 42.5 Å². The molecule has 0 fully saturated rings. The summed E-state index contributed by atoms with van der Waals surface area (Å²) in [6, 6.07) is 13.2. The first-order valence-electron chi connectivity index (χ1n) is 8.15. The zero-order valence-corrected chi connectivity index (χ0v) is 14.5. The van der Waals surface area contributed by atoms with Crippen molar-refractivity contribution in [2.45, 2.75) is 26.2 Å². The Morgan fingerprint density at radius 2 is 1.67 bits per heavy atom. The van der Waals surface area contributed by atoms with Gasteiger partial charge in [-0.1, -0.05) is 19.1 Å². The molecular weight excluding hydrogens is 304 g/mol. The zero-order valence-electron chi connectivity index (χ0n) is 14.5. The Hall–Kier alpha value is -2.49. The van der Waals surface area contributed by atoms with E-state index in [4.69, 9.17) is 14.2 Å². The van der Waals surface area contributed by atoms with Crippen LogP contribution in [-0.4, -0.2) is 26.6 Å². The van der Waals surface area contributed by atoms with Gasteiger partial charge in [0.05, 0.1) is 20.8 Å². The van der Waals surface area contributed by atoms with Crippen molar-refractivity contribution in [1.29, 1.82) is 0 Å². The number of methoxy groups -OCH3 is 2. The van der Waals surface area contributed by atoms with Crippen LogP contribution in [0.3, 0.4) is 0 Å². The van der Waals surface area contributed by atoms with Gasteiger partial charge in [-0.15, -0.1) is 0 Å². The fourth-order valence-electron chi connectivity index (χ4n) is 2.38. The van der Waals surface area contributed by atoms with Gasteiger partial charge >= 0.3 is 0 Å². The molecule has 2 aromatic rings. The summed E-state index contributed by atoms with van der Waals surface area (Å²) in [7, 11) is 3.14. The summed E-state index contributed by atoms with van der Waals surface area (Å²) in [5.74, 6) is 2.14. The van der Waals surface area contributed by atoms with E-state index in [1.165, 1.54) is 0 Å². The van der Waals surface area contributed by atoms with Gasteiger partial charge in [-0.3, -0.25) is 4.79 Å². The third-order valence-electron chi connectivity index (χ3n) is 3.74. The van der Waals surface area contributed by atoms with E-state index < -0.39 is 0 Å². The average Bonchev–Trinajstić information content (AvgIpc) is 2.64. The third-order valence-corrected chi connectivity index (χ3v) is 3.74. The van der Waals surface area contributed by atoms with Gasteiger partial charge in [0.1, 0.15) is 5.75 Å². The first-order chi connectivity index (χ1) is 11.7. The fraction of sp³-hybridized carbons (Fsp3) is 0.350. The summed E-state index contributed by atoms with van der Waals surface area (Å²) in [4.78, 5) is 12.4. The fourth-order valence-corrected chi connectivity index (χ4v) is 2.38. The smallest absolute Gasteiger partial charge is 0.163 e. The minimum absolute atomic E-state index is 0.0854. The van der Waals surface area contributed by atoms with E-state index in [0.717, 1.165) is 24.3 Å². The molecular formula is C20H24O4. The molecule has 2 aromatic carbocycles. The number of carbonyl (C=O) groups excluding carboxylic acids is 1. The number of benzene rings is 2. The summed E-state index contributed by atoms with van der Waals surface area (Å²) in [6.45, 7) is 2.80. The number of carbonyl (C=O) groups is 1. The van der Waals surface area contributed by atoms with E-state index in [1.807, 2.05) is 24.3 Å². The molecule has 24 heavy (non-hydrogen) atoms. The van der Waals surface area contributed by atoms with Crippen LogP contribution in [0.1, 0.15) is 35.7 Å². The lowest BCUT2D eigenvalue weighted by molar-refractivity contribution is 0.0982. The molecule has 0 heterocycles. The molecule has 0 saturated carbocycles. The standard InChI is InChI=1S/C20H24O4/c1-4-13-24-17-9-5-15(6-10-17)7-11-18(21)16-8-12-19(22-2)20(14-16)23-3/h5-6,8-10,12,14H,4,7,11,13H2,1-3H3. The summed E-state index contributed by atoms with van der Waals surface area (Å²) in [5.41, 5.74) is 1.75. The van der Waals surface area contributed by atoms with E-state index in [1.54, 1.807) is 32.4 Å². The largest absolute Gasteiger partial charge is 0.494 e. The van der Waals surface area contributed by atoms with Crippen molar-refractivity contribution in [3.05, 3.63) is 53.6 Å². The van der Waals surface area contributed by atoms with Crippen molar-refractivity contribution in [3.63, 3.8) is 0 Å². The van der Waals surface area contributed by atoms with Crippen LogP contribution in [0.5, 0.6) is 17.2 Å². The van der Waals surface area contributed by atoms with Crippen LogP contribution in [0.4, 0.5) is 0 Å². The Balaban J connectivity index is 1.95. The molecule has 0 radical (unpaired) electrons. The van der Waals surface area contributed by atoms with Crippen molar-refractivity contribution < 1.29 is 19.0 Å². The van der Waals surface area contributed by atoms with Gasteiger partial charge in [-0.2, -0.15) is 0 Å². The minimum Gasteiger partial charge on any atom is -0.494 e. The number of hydrogen-bond donors (Lipinski definition) is 0. The third kappa shape index (κ3) is 4.75. The first-order valence-corrected chi connectivity index (χ1v) is 8.15. The van der Waals surface area contributed by atoms with E-state index >= 15 is 0 Å². The molecule has 0 bridgehead atoms. The summed E-state index contributed by atoms with van der Waals surface area (Å²) in [6.07, 6.45) is 2.13. The van der Waals surface area contributed by atoms with Crippen molar-refractivity contribution in [1.82, 2.24) is 0 Å². The van der Waals surface area contributed by atoms with Crippen LogP contribution in [0, 0.1) is 0 Å². The van der Waals surface area contributed by atoms with Crippen molar-refractivity contribution >= 4 is 5.78 Å². The summed E-state index contributed by atoms with van der Waals surface area (Å²) < 4.78 is 16.0. The second-order valence-electron chi connectivity index (χ2n) is 5.49. The molecule has 0 unspecified atom stereocenters. The molecule has 2 rings (SSSR count). The molecule has 0 aromatic heterocycles.